The van der Waals surface area contributed by atoms with Crippen LogP contribution in [0.4, 0.5) is 13.2 Å². The van der Waals surface area contributed by atoms with Gasteiger partial charge in [0.25, 0.3) is 0 Å². The van der Waals surface area contributed by atoms with Gasteiger partial charge in [0, 0.05) is 5.56 Å². The summed E-state index contributed by atoms with van der Waals surface area (Å²) in [5, 5.41) is 11.3. The average molecular weight is 300 g/mol. The van der Waals surface area contributed by atoms with Gasteiger partial charge < -0.3 is 14.6 Å². The quantitative estimate of drug-likeness (QED) is 0.832. The third-order valence-electron chi connectivity index (χ3n) is 2.91. The molecule has 1 N–H and O–H groups in total. The number of ether oxygens (including phenoxy) is 2. The number of aliphatic hydroxyl groups is 1. The van der Waals surface area contributed by atoms with Gasteiger partial charge in [0.1, 0.15) is 19.0 Å². The fourth-order valence-electron chi connectivity index (χ4n) is 2.01. The number of benzene rings is 2. The summed E-state index contributed by atoms with van der Waals surface area (Å²) in [6, 6.07) is 11.0. The second kappa shape index (κ2) is 6.78. The van der Waals surface area contributed by atoms with Crippen molar-refractivity contribution < 1.29 is 27.8 Å². The Hall–Kier alpha value is -1.79. The Labute approximate surface area is 119 Å². The molecule has 0 aliphatic carbocycles. The third-order valence-corrected chi connectivity index (χ3v) is 2.91. The molecule has 0 bridgehead atoms. The van der Waals surface area contributed by atoms with E-state index in [0.29, 0.717) is 11.3 Å². The van der Waals surface area contributed by atoms with Crippen molar-refractivity contribution in [1.29, 1.82) is 0 Å². The van der Waals surface area contributed by atoms with Gasteiger partial charge in [0.15, 0.2) is 0 Å². The lowest BCUT2D eigenvalue weighted by Gasteiger charge is -2.13. The molecule has 0 atom stereocenters. The highest BCUT2D eigenvalue weighted by atomic mass is 19.4. The lowest BCUT2D eigenvalue weighted by Crippen LogP contribution is -2.19. The number of hydrogen-bond acceptors (Lipinski definition) is 3. The maximum absolute atomic E-state index is 11.9. The molecule has 2 rings (SSSR count). The van der Waals surface area contributed by atoms with Crippen LogP contribution in [0.3, 0.4) is 0 Å². The molecule has 0 fully saturated rings. The molecule has 0 aliphatic rings. The van der Waals surface area contributed by atoms with Crippen molar-refractivity contribution in [3.63, 3.8) is 0 Å². The normalized spacial score (nSPS) is 11.8. The highest BCUT2D eigenvalue weighted by Crippen LogP contribution is 2.28. The molecule has 0 amide bonds. The second-order valence-electron chi connectivity index (χ2n) is 4.44. The van der Waals surface area contributed by atoms with Crippen molar-refractivity contribution in [3.05, 3.63) is 42.0 Å². The molecule has 0 aliphatic heterocycles. The van der Waals surface area contributed by atoms with Gasteiger partial charge in [-0.15, -0.1) is 0 Å². The summed E-state index contributed by atoms with van der Waals surface area (Å²) in [4.78, 5) is 0. The highest BCUT2D eigenvalue weighted by Gasteiger charge is 2.27. The van der Waals surface area contributed by atoms with Crippen molar-refractivity contribution in [2.24, 2.45) is 0 Å². The van der Waals surface area contributed by atoms with Crippen LogP contribution < -0.4 is 4.74 Å². The molecule has 0 heterocycles. The summed E-state index contributed by atoms with van der Waals surface area (Å²) in [7, 11) is 0. The first-order valence-electron chi connectivity index (χ1n) is 6.40. The van der Waals surface area contributed by atoms with E-state index < -0.39 is 12.8 Å². The van der Waals surface area contributed by atoms with Gasteiger partial charge in [-0.25, -0.2) is 0 Å². The monoisotopic (exact) mass is 300 g/mol. The van der Waals surface area contributed by atoms with Crippen molar-refractivity contribution in [3.8, 4) is 5.75 Å². The van der Waals surface area contributed by atoms with Crippen molar-refractivity contribution in [2.75, 3.05) is 19.8 Å². The van der Waals surface area contributed by atoms with Gasteiger partial charge in [-0.2, -0.15) is 13.2 Å². The van der Waals surface area contributed by atoms with E-state index in [4.69, 9.17) is 4.74 Å². The predicted octanol–water partition coefficient (Wildman–Crippen LogP) is 3.29. The molecule has 0 saturated carbocycles. The first-order chi connectivity index (χ1) is 10.0. The van der Waals surface area contributed by atoms with E-state index in [0.717, 1.165) is 10.8 Å². The molecule has 21 heavy (non-hydrogen) atoms. The molecule has 0 radical (unpaired) electrons. The molecular formula is C15H15F3O3. The van der Waals surface area contributed by atoms with Gasteiger partial charge >= 0.3 is 6.18 Å². The zero-order valence-corrected chi connectivity index (χ0v) is 11.2. The van der Waals surface area contributed by atoms with E-state index in [-0.39, 0.29) is 19.8 Å². The van der Waals surface area contributed by atoms with Crippen LogP contribution in [0, 0.1) is 0 Å². The average Bonchev–Trinajstić information content (AvgIpc) is 2.45. The molecular weight excluding hydrogens is 285 g/mol. The number of rotatable bonds is 6. The molecule has 0 aromatic heterocycles. The highest BCUT2D eigenvalue weighted by molar-refractivity contribution is 5.87. The molecule has 0 unspecified atom stereocenters. The Morgan fingerprint density at radius 2 is 1.76 bits per heavy atom. The zero-order chi connectivity index (χ0) is 15.3. The van der Waals surface area contributed by atoms with Gasteiger partial charge in [-0.05, 0) is 16.8 Å². The van der Waals surface area contributed by atoms with Gasteiger partial charge in [0.2, 0.25) is 0 Å². The van der Waals surface area contributed by atoms with Crippen molar-refractivity contribution in [2.45, 2.75) is 12.8 Å². The van der Waals surface area contributed by atoms with Crippen LogP contribution in [-0.4, -0.2) is 31.1 Å². The molecule has 114 valence electrons. The number of alkyl halides is 3. The fourth-order valence-corrected chi connectivity index (χ4v) is 2.01. The summed E-state index contributed by atoms with van der Waals surface area (Å²) in [5.41, 5.74) is 0.615. The lowest BCUT2D eigenvalue weighted by molar-refractivity contribution is -0.175. The van der Waals surface area contributed by atoms with Crippen LogP contribution in [0.25, 0.3) is 10.8 Å². The SMILES string of the molecule is OCc1c(OCCOCC(F)(F)F)ccc2ccccc12. The van der Waals surface area contributed by atoms with Crippen molar-refractivity contribution >= 4 is 10.8 Å². The van der Waals surface area contributed by atoms with E-state index >= 15 is 0 Å². The summed E-state index contributed by atoms with van der Waals surface area (Å²) in [6.45, 7) is -1.68. The Kier molecular flexibility index (Phi) is 5.03. The van der Waals surface area contributed by atoms with E-state index in [1.807, 2.05) is 30.3 Å². The fraction of sp³-hybridized carbons (Fsp3) is 0.333. The van der Waals surface area contributed by atoms with E-state index in [1.165, 1.54) is 0 Å². The van der Waals surface area contributed by atoms with Crippen molar-refractivity contribution in [1.82, 2.24) is 0 Å². The minimum Gasteiger partial charge on any atom is -0.491 e. The second-order valence-corrected chi connectivity index (χ2v) is 4.44. The summed E-state index contributed by atoms with van der Waals surface area (Å²) < 4.78 is 45.6. The van der Waals surface area contributed by atoms with Crippen LogP contribution in [0.2, 0.25) is 0 Å². The van der Waals surface area contributed by atoms with Gasteiger partial charge in [-0.3, -0.25) is 0 Å². The standard InChI is InChI=1S/C15H15F3O3/c16-15(17,18)10-20-7-8-21-14-6-5-11-3-1-2-4-12(11)13(14)9-19/h1-6,19H,7-10H2. The molecule has 0 saturated heterocycles. The van der Waals surface area contributed by atoms with E-state index in [9.17, 15) is 18.3 Å². The molecule has 3 nitrogen and oxygen atoms in total. The number of aliphatic hydroxyl groups excluding tert-OH is 1. The topological polar surface area (TPSA) is 38.7 Å². The Balaban J connectivity index is 1.99. The van der Waals surface area contributed by atoms with Crippen LogP contribution in [0.15, 0.2) is 36.4 Å². The van der Waals surface area contributed by atoms with Crippen LogP contribution in [0.5, 0.6) is 5.75 Å². The minimum absolute atomic E-state index is 0.0125. The number of hydrogen-bond donors (Lipinski definition) is 1. The molecule has 6 heteroatoms. The third kappa shape index (κ3) is 4.34. The maximum atomic E-state index is 11.9. The van der Waals surface area contributed by atoms with E-state index in [2.05, 4.69) is 4.74 Å². The number of halogens is 3. The summed E-state index contributed by atoms with van der Waals surface area (Å²) >= 11 is 0. The first-order valence-corrected chi connectivity index (χ1v) is 6.40. The van der Waals surface area contributed by atoms with Crippen LogP contribution in [-0.2, 0) is 11.3 Å². The first kappa shape index (κ1) is 15.6. The Morgan fingerprint density at radius 1 is 1.00 bits per heavy atom. The molecule has 2 aromatic rings. The van der Waals surface area contributed by atoms with Gasteiger partial charge in [-0.1, -0.05) is 30.3 Å². The Bertz CT molecular complexity index is 596. The smallest absolute Gasteiger partial charge is 0.411 e. The largest absolute Gasteiger partial charge is 0.491 e. The minimum atomic E-state index is -4.33. The summed E-state index contributed by atoms with van der Waals surface area (Å²) in [6.07, 6.45) is -4.33. The van der Waals surface area contributed by atoms with Crippen LogP contribution >= 0.6 is 0 Å². The van der Waals surface area contributed by atoms with E-state index in [1.54, 1.807) is 6.07 Å². The van der Waals surface area contributed by atoms with Gasteiger partial charge in [0.05, 0.1) is 13.2 Å². The Morgan fingerprint density at radius 3 is 2.48 bits per heavy atom. The predicted molar refractivity (Wildman–Crippen MR) is 72.2 cm³/mol. The molecule has 2 aromatic carbocycles. The van der Waals surface area contributed by atoms with Crippen LogP contribution in [0.1, 0.15) is 5.56 Å². The molecule has 0 spiro atoms. The summed E-state index contributed by atoms with van der Waals surface area (Å²) in [5.74, 6) is 0.451. The number of fused-ring (bicyclic) bond motifs is 1. The maximum Gasteiger partial charge on any atom is 0.411 e. The lowest BCUT2D eigenvalue weighted by atomic mass is 10.0. The zero-order valence-electron chi connectivity index (χ0n) is 11.2.